The number of hydrogen-bond donors (Lipinski definition) is 2. The Kier molecular flexibility index (Phi) is 18.6. The van der Waals surface area contributed by atoms with Gasteiger partial charge in [0.05, 0.1) is 57.0 Å². The zero-order valence-corrected chi connectivity index (χ0v) is 52.8. The number of ketones is 1. The lowest BCUT2D eigenvalue weighted by Crippen LogP contribution is -2.82. The predicted octanol–water partition coefficient (Wildman–Crippen LogP) is 9.82. The van der Waals surface area contributed by atoms with Gasteiger partial charge in [0.2, 0.25) is 5.75 Å². The van der Waals surface area contributed by atoms with Gasteiger partial charge in [-0.05, 0) is 91.1 Å². The van der Waals surface area contributed by atoms with Crippen molar-refractivity contribution in [2.24, 2.45) is 16.7 Å². The first kappa shape index (κ1) is 63.7. The Morgan fingerprint density at radius 1 is 0.805 bits per heavy atom. The molecule has 2 bridgehead atoms. The maximum absolute atomic E-state index is 16.8. The summed E-state index contributed by atoms with van der Waals surface area (Å²) in [5.41, 5.74) is -6.74. The Bertz CT molecular complexity index is 2890. The molecule has 1 saturated heterocycles. The highest BCUT2D eigenvalue weighted by atomic mass is 28.4. The summed E-state index contributed by atoms with van der Waals surface area (Å²) in [4.78, 5) is 89.9. The molecule has 3 fully saturated rings. The van der Waals surface area contributed by atoms with Crippen molar-refractivity contribution < 1.29 is 80.6 Å². The van der Waals surface area contributed by atoms with Crippen LogP contribution in [0.3, 0.4) is 0 Å². The van der Waals surface area contributed by atoms with Crippen LogP contribution in [0.4, 0.5) is 0 Å². The van der Waals surface area contributed by atoms with Crippen molar-refractivity contribution >= 4 is 52.2 Å². The summed E-state index contributed by atoms with van der Waals surface area (Å²) in [5, 5.41) is 17.3. The molecular weight excluding hydrogens is 1090 g/mol. The summed E-state index contributed by atoms with van der Waals surface area (Å²) in [5.74, 6) is -5.81. The van der Waals surface area contributed by atoms with E-state index in [1.165, 1.54) is 47.3 Å². The van der Waals surface area contributed by atoms with E-state index >= 15 is 14.4 Å². The smallest absolute Gasteiger partial charge is 0.338 e. The average Bonchev–Trinajstić information content (AvgIpc) is 0.754. The lowest BCUT2D eigenvalue weighted by molar-refractivity contribution is -0.344. The van der Waals surface area contributed by atoms with Gasteiger partial charge >= 0.3 is 23.9 Å². The van der Waals surface area contributed by atoms with E-state index in [0.29, 0.717) is 29.3 Å². The van der Waals surface area contributed by atoms with Crippen LogP contribution in [-0.4, -0.2) is 133 Å². The van der Waals surface area contributed by atoms with Gasteiger partial charge in [-0.1, -0.05) is 104 Å². The zero-order valence-electron chi connectivity index (χ0n) is 50.8. The Morgan fingerprint density at radius 2 is 1.38 bits per heavy atom. The van der Waals surface area contributed by atoms with Gasteiger partial charge < -0.3 is 57.2 Å². The largest absolute Gasteiger partial charge is 0.493 e. The minimum absolute atomic E-state index is 0.0419. The molecule has 18 nitrogen and oxygen atoms in total. The molecule has 1 amide bonds. The molecule has 2 N–H and O–H groups in total. The molecule has 0 radical (unpaired) electrons. The van der Waals surface area contributed by atoms with Crippen molar-refractivity contribution in [1.82, 2.24) is 5.32 Å². The van der Waals surface area contributed by atoms with E-state index in [9.17, 15) is 19.5 Å². The van der Waals surface area contributed by atoms with Gasteiger partial charge in [-0.15, -0.1) is 0 Å². The van der Waals surface area contributed by atoms with Gasteiger partial charge in [0.25, 0.3) is 5.91 Å². The number of Topliss-reactive ketones (excluding diaryl/α,β-unsaturated/α-hetero) is 1. The van der Waals surface area contributed by atoms with E-state index in [1.807, 2.05) is 60.7 Å². The summed E-state index contributed by atoms with van der Waals surface area (Å²) in [6, 6.07) is 21.1. The molecular formula is C62H85NO17Si2. The Balaban J connectivity index is 1.52. The Morgan fingerprint density at radius 3 is 1.87 bits per heavy atom. The van der Waals surface area contributed by atoms with Crippen LogP contribution < -0.4 is 19.5 Å². The number of fused-ring (bicyclic) bond motifs is 5. The third kappa shape index (κ3) is 11.3. The third-order valence-corrected chi connectivity index (χ3v) is 28.0. The number of esters is 4. The second-order valence-electron chi connectivity index (χ2n) is 24.6. The highest BCUT2D eigenvalue weighted by Crippen LogP contribution is 2.65. The van der Waals surface area contributed by atoms with Gasteiger partial charge in [-0.2, -0.15) is 0 Å². The maximum atomic E-state index is 16.8. The van der Waals surface area contributed by atoms with E-state index in [4.69, 9.17) is 46.7 Å². The van der Waals surface area contributed by atoms with Gasteiger partial charge in [-0.3, -0.25) is 19.2 Å². The van der Waals surface area contributed by atoms with E-state index in [0.717, 1.165) is 0 Å². The monoisotopic (exact) mass is 1170 g/mol. The fourth-order valence-corrected chi connectivity index (χ4v) is 17.0. The second kappa shape index (κ2) is 24.0. The van der Waals surface area contributed by atoms with Crippen molar-refractivity contribution in [3.8, 4) is 17.2 Å². The average molecular weight is 1170 g/mol. The molecule has 3 aromatic carbocycles. The summed E-state index contributed by atoms with van der Waals surface area (Å²) in [6.45, 7) is 24.8. The Labute approximate surface area is 484 Å². The predicted molar refractivity (Wildman–Crippen MR) is 309 cm³/mol. The van der Waals surface area contributed by atoms with Crippen molar-refractivity contribution in [1.29, 1.82) is 0 Å². The molecule has 448 valence electrons. The quantitative estimate of drug-likeness (QED) is 0.0464. The molecule has 82 heavy (non-hydrogen) atoms. The lowest BCUT2D eigenvalue weighted by Gasteiger charge is -2.68. The first-order chi connectivity index (χ1) is 38.4. The molecule has 0 unspecified atom stereocenters. The van der Waals surface area contributed by atoms with Gasteiger partial charge in [-0.25, -0.2) is 9.59 Å². The van der Waals surface area contributed by atoms with Gasteiger partial charge in [0, 0.05) is 37.7 Å². The fraction of sp³-hybridized carbons (Fsp3) is 0.581. The van der Waals surface area contributed by atoms with Crippen molar-refractivity contribution in [2.45, 2.75) is 186 Å². The number of methoxy groups -OCH3 is 3. The number of carbonyl (C=O) groups excluding carboxylic acids is 6. The standard InChI is InChI=1S/C62H85NO17Si2/c1-18-82(19-2,20-3)79-45-33-46-61(35-74-46,78-38(6)65)52-54(77-56(68)41-31-42(71-13)49(73-15)43(32-41)72-14)62(70)34-44(36(4)47(59(62,10)11)50(75-37(5)64)53(66)60(45,52)12)76-57(69)51(80-81(16,17)58(7,8)9)48(39-27-23-21-24-28-39)63-55(67)40-29-25-22-26-30-40/h21-32,44-46,48,50-52,54,70H,18-20,33-35H2,1-17H3,(H,63,67)/t44-,45-,46+,48-,50+,51+,52-,54-,60+,61-,62+/m0/s1. The molecule has 7 rings (SSSR count). The molecule has 1 heterocycles. The topological polar surface area (TPSA) is 227 Å². The number of nitrogens with one attached hydrogen (secondary N) is 1. The van der Waals surface area contributed by atoms with Crippen LogP contribution in [0.1, 0.15) is 128 Å². The first-order valence-corrected chi connectivity index (χ1v) is 33.8. The zero-order chi connectivity index (χ0) is 60.7. The third-order valence-electron chi connectivity index (χ3n) is 18.9. The summed E-state index contributed by atoms with van der Waals surface area (Å²) >= 11 is 0. The van der Waals surface area contributed by atoms with Crippen molar-refractivity contribution in [2.75, 3.05) is 27.9 Å². The maximum Gasteiger partial charge on any atom is 0.338 e. The van der Waals surface area contributed by atoms with E-state index in [1.54, 1.807) is 82.3 Å². The highest BCUT2D eigenvalue weighted by molar-refractivity contribution is 6.74. The van der Waals surface area contributed by atoms with Crippen LogP contribution >= 0.6 is 0 Å². The van der Waals surface area contributed by atoms with E-state index in [-0.39, 0.29) is 47.0 Å². The number of ether oxygens (including phenoxy) is 8. The molecule has 3 aliphatic carbocycles. The van der Waals surface area contributed by atoms with Crippen LogP contribution in [0.25, 0.3) is 0 Å². The second-order valence-corrected chi connectivity index (χ2v) is 34.1. The number of aliphatic hydroxyl groups is 1. The van der Waals surface area contributed by atoms with Crippen LogP contribution in [-0.2, 0) is 51.7 Å². The van der Waals surface area contributed by atoms with Gasteiger partial charge in [0.15, 0.2) is 51.7 Å². The fourth-order valence-electron chi connectivity index (χ4n) is 12.9. The first-order valence-electron chi connectivity index (χ1n) is 28.3. The molecule has 0 spiro atoms. The summed E-state index contributed by atoms with van der Waals surface area (Å²) < 4.78 is 64.3. The molecule has 11 atom stereocenters. The molecule has 0 aromatic heterocycles. The minimum atomic E-state index is -2.99. The van der Waals surface area contributed by atoms with Crippen molar-refractivity contribution in [3.63, 3.8) is 0 Å². The number of rotatable bonds is 20. The Hall–Kier alpha value is -5.91. The van der Waals surface area contributed by atoms with Crippen LogP contribution in [0, 0.1) is 16.7 Å². The summed E-state index contributed by atoms with van der Waals surface area (Å²) in [7, 11) is -1.52. The molecule has 20 heteroatoms. The number of hydrogen-bond acceptors (Lipinski definition) is 17. The van der Waals surface area contributed by atoms with Crippen LogP contribution in [0.2, 0.25) is 36.3 Å². The normalized spacial score (nSPS) is 27.6. The van der Waals surface area contributed by atoms with E-state index in [2.05, 4.69) is 5.32 Å². The van der Waals surface area contributed by atoms with Crippen LogP contribution in [0.15, 0.2) is 83.9 Å². The molecule has 4 aliphatic rings. The number of benzene rings is 3. The lowest BCUT2D eigenvalue weighted by atomic mass is 9.44. The SMILES string of the molecule is CC[Si](CC)(CC)O[C@H]1C[C@H]2OC[C@@]2(OC(C)=O)[C@H]2[C@H](OC(=O)c3cc(OC)c(OC)c(OC)c3)[C@]3(O)C[C@H](OC(=O)[C@H](O[Si](C)(C)C(C)(C)C)[C@@H](NC(=O)c4ccccc4)c4ccccc4)C(C)=C([C@@H](OC(C)=O)C(=O)[C@]12C)C3(C)C. The minimum Gasteiger partial charge on any atom is -0.493 e. The van der Waals surface area contributed by atoms with Crippen LogP contribution in [0.5, 0.6) is 17.2 Å². The van der Waals surface area contributed by atoms with E-state index < -0.39 is 134 Å². The number of amides is 1. The van der Waals surface area contributed by atoms with Gasteiger partial charge in [0.1, 0.15) is 23.9 Å². The number of carbonyl (C=O) groups is 6. The molecule has 2 saturated carbocycles. The molecule has 1 aliphatic heterocycles. The molecule has 3 aromatic rings. The highest BCUT2D eigenvalue weighted by Gasteiger charge is 2.79. The summed E-state index contributed by atoms with van der Waals surface area (Å²) in [6.07, 6.45) is -9.09. The van der Waals surface area contributed by atoms with Crippen molar-refractivity contribution in [3.05, 3.63) is 101 Å².